The SMILES string of the molecule is COC(=O)c1ccccc1B1OC(C)(C)C(C)(C)O1. The van der Waals surface area contributed by atoms with Crippen LogP contribution >= 0.6 is 0 Å². The van der Waals surface area contributed by atoms with Crippen LogP contribution in [-0.4, -0.2) is 31.4 Å². The molecule has 5 heteroatoms. The molecule has 1 aromatic carbocycles. The normalized spacial score (nSPS) is 20.4. The van der Waals surface area contributed by atoms with Gasteiger partial charge < -0.3 is 14.0 Å². The molecule has 1 saturated heterocycles. The van der Waals surface area contributed by atoms with E-state index in [2.05, 4.69) is 0 Å². The van der Waals surface area contributed by atoms with E-state index < -0.39 is 18.3 Å². The molecule has 0 saturated carbocycles. The lowest BCUT2D eigenvalue weighted by molar-refractivity contribution is 0.00578. The number of ether oxygens (including phenoxy) is 1. The van der Waals surface area contributed by atoms with Crippen molar-refractivity contribution < 1.29 is 18.8 Å². The van der Waals surface area contributed by atoms with Crippen LogP contribution in [0.1, 0.15) is 38.1 Å². The summed E-state index contributed by atoms with van der Waals surface area (Å²) < 4.78 is 16.7. The maximum atomic E-state index is 11.8. The minimum absolute atomic E-state index is 0.384. The van der Waals surface area contributed by atoms with Gasteiger partial charge in [-0.3, -0.25) is 0 Å². The topological polar surface area (TPSA) is 44.8 Å². The fourth-order valence-electron chi connectivity index (χ4n) is 1.97. The van der Waals surface area contributed by atoms with Gasteiger partial charge in [0.05, 0.1) is 23.9 Å². The Bertz CT molecular complexity index is 480. The van der Waals surface area contributed by atoms with E-state index in [1.807, 2.05) is 39.8 Å². The van der Waals surface area contributed by atoms with E-state index in [-0.39, 0.29) is 5.97 Å². The van der Waals surface area contributed by atoms with Gasteiger partial charge >= 0.3 is 13.1 Å². The molecule has 0 N–H and O–H groups in total. The summed E-state index contributed by atoms with van der Waals surface area (Å²) in [7, 11) is 0.809. The first-order chi connectivity index (χ1) is 8.78. The van der Waals surface area contributed by atoms with Crippen molar-refractivity contribution >= 4 is 18.6 Å². The van der Waals surface area contributed by atoms with Gasteiger partial charge in [-0.2, -0.15) is 0 Å². The average molecular weight is 262 g/mol. The highest BCUT2D eigenvalue weighted by Crippen LogP contribution is 2.36. The van der Waals surface area contributed by atoms with Gasteiger partial charge in [-0.05, 0) is 39.2 Å². The summed E-state index contributed by atoms with van der Waals surface area (Å²) >= 11 is 0. The molecule has 0 spiro atoms. The lowest BCUT2D eigenvalue weighted by Gasteiger charge is -2.32. The third-order valence-corrected chi connectivity index (χ3v) is 3.87. The molecule has 0 aliphatic carbocycles. The number of carbonyl (C=O) groups is 1. The number of carbonyl (C=O) groups excluding carboxylic acids is 1. The Morgan fingerprint density at radius 1 is 1.11 bits per heavy atom. The number of methoxy groups -OCH3 is 1. The van der Waals surface area contributed by atoms with Crippen LogP contribution in [0.2, 0.25) is 0 Å². The lowest BCUT2D eigenvalue weighted by Crippen LogP contribution is -2.41. The standard InChI is InChI=1S/C14H19BO4/c1-13(2)14(3,4)19-15(18-13)11-9-7-6-8-10(11)12(16)17-5/h6-9H,1-5H3. The van der Waals surface area contributed by atoms with Crippen molar-refractivity contribution in [3.63, 3.8) is 0 Å². The second-order valence-electron chi connectivity index (χ2n) is 5.67. The Morgan fingerprint density at radius 3 is 2.16 bits per heavy atom. The third kappa shape index (κ3) is 2.40. The van der Waals surface area contributed by atoms with Crippen molar-refractivity contribution in [3.05, 3.63) is 29.8 Å². The highest BCUT2D eigenvalue weighted by molar-refractivity contribution is 6.63. The van der Waals surface area contributed by atoms with Crippen molar-refractivity contribution in [2.24, 2.45) is 0 Å². The van der Waals surface area contributed by atoms with E-state index in [1.54, 1.807) is 12.1 Å². The van der Waals surface area contributed by atoms with Crippen LogP contribution in [-0.2, 0) is 14.0 Å². The summed E-state index contributed by atoms with van der Waals surface area (Å²) in [5.74, 6) is -0.384. The molecular weight excluding hydrogens is 243 g/mol. The second-order valence-corrected chi connectivity index (χ2v) is 5.67. The average Bonchev–Trinajstić information content (AvgIpc) is 2.57. The van der Waals surface area contributed by atoms with E-state index in [9.17, 15) is 4.79 Å². The lowest BCUT2D eigenvalue weighted by atomic mass is 9.76. The third-order valence-electron chi connectivity index (χ3n) is 3.87. The molecule has 19 heavy (non-hydrogen) atoms. The summed E-state index contributed by atoms with van der Waals surface area (Å²) in [6.45, 7) is 7.92. The van der Waals surface area contributed by atoms with Gasteiger partial charge in [0.25, 0.3) is 0 Å². The molecule has 4 nitrogen and oxygen atoms in total. The van der Waals surface area contributed by atoms with Gasteiger partial charge in [-0.15, -0.1) is 0 Å². The minimum atomic E-state index is -0.555. The molecule has 0 amide bonds. The molecule has 0 aromatic heterocycles. The maximum absolute atomic E-state index is 11.8. The van der Waals surface area contributed by atoms with E-state index in [0.717, 1.165) is 0 Å². The zero-order chi connectivity index (χ0) is 14.3. The monoisotopic (exact) mass is 262 g/mol. The molecule has 1 aromatic rings. The summed E-state index contributed by atoms with van der Waals surface area (Å²) in [4.78, 5) is 11.8. The number of esters is 1. The van der Waals surface area contributed by atoms with Crippen LogP contribution in [0.5, 0.6) is 0 Å². The quantitative estimate of drug-likeness (QED) is 0.602. The summed E-state index contributed by atoms with van der Waals surface area (Å²) in [6.07, 6.45) is 0. The van der Waals surface area contributed by atoms with Gasteiger partial charge in [-0.1, -0.05) is 18.2 Å². The second kappa shape index (κ2) is 4.65. The molecule has 1 fully saturated rings. The molecule has 0 radical (unpaired) electrons. The van der Waals surface area contributed by atoms with E-state index >= 15 is 0 Å². The molecule has 2 rings (SSSR count). The van der Waals surface area contributed by atoms with Gasteiger partial charge in [0.2, 0.25) is 0 Å². The first-order valence-electron chi connectivity index (χ1n) is 6.31. The van der Waals surface area contributed by atoms with Crippen LogP contribution in [0.15, 0.2) is 24.3 Å². The van der Waals surface area contributed by atoms with Crippen molar-refractivity contribution in [2.45, 2.75) is 38.9 Å². The molecule has 0 atom stereocenters. The summed E-state index contributed by atoms with van der Waals surface area (Å²) in [5, 5.41) is 0. The number of hydrogen-bond acceptors (Lipinski definition) is 4. The Balaban J connectivity index is 2.37. The van der Waals surface area contributed by atoms with E-state index in [1.165, 1.54) is 7.11 Å². The Labute approximate surface area is 114 Å². The van der Waals surface area contributed by atoms with Crippen LogP contribution in [0.3, 0.4) is 0 Å². The van der Waals surface area contributed by atoms with E-state index in [4.69, 9.17) is 14.0 Å². The van der Waals surface area contributed by atoms with E-state index in [0.29, 0.717) is 11.0 Å². The Kier molecular flexibility index (Phi) is 3.45. The van der Waals surface area contributed by atoms with Crippen LogP contribution in [0.4, 0.5) is 0 Å². The van der Waals surface area contributed by atoms with Crippen molar-refractivity contribution in [2.75, 3.05) is 7.11 Å². The van der Waals surface area contributed by atoms with Crippen molar-refractivity contribution in [3.8, 4) is 0 Å². The molecule has 1 aliphatic heterocycles. The number of benzene rings is 1. The predicted molar refractivity (Wildman–Crippen MR) is 73.5 cm³/mol. The molecule has 102 valence electrons. The maximum Gasteiger partial charge on any atom is 0.495 e. The number of rotatable bonds is 2. The van der Waals surface area contributed by atoms with Crippen molar-refractivity contribution in [1.82, 2.24) is 0 Å². The molecular formula is C14H19BO4. The zero-order valence-electron chi connectivity index (χ0n) is 12.0. The fourth-order valence-corrected chi connectivity index (χ4v) is 1.97. The summed E-state index contributed by atoms with van der Waals surface area (Å²) in [6, 6.07) is 7.19. The highest BCUT2D eigenvalue weighted by atomic mass is 16.7. The highest BCUT2D eigenvalue weighted by Gasteiger charge is 2.52. The zero-order valence-corrected chi connectivity index (χ0v) is 12.0. The predicted octanol–water partition coefficient (Wildman–Crippen LogP) is 1.77. The first-order valence-corrected chi connectivity index (χ1v) is 6.31. The molecule has 0 unspecified atom stereocenters. The van der Waals surface area contributed by atoms with Gasteiger partial charge in [0.15, 0.2) is 0 Å². The molecule has 1 heterocycles. The van der Waals surface area contributed by atoms with Crippen LogP contribution in [0.25, 0.3) is 0 Å². The van der Waals surface area contributed by atoms with Gasteiger partial charge in [0, 0.05) is 0 Å². The molecule has 1 aliphatic rings. The van der Waals surface area contributed by atoms with Crippen LogP contribution in [0, 0.1) is 0 Å². The first kappa shape index (κ1) is 14.1. The van der Waals surface area contributed by atoms with Crippen LogP contribution < -0.4 is 5.46 Å². The van der Waals surface area contributed by atoms with Gasteiger partial charge in [-0.25, -0.2) is 4.79 Å². The number of hydrogen-bond donors (Lipinski definition) is 0. The summed E-state index contributed by atoms with van der Waals surface area (Å²) in [5.41, 5.74) is 0.318. The van der Waals surface area contributed by atoms with Crippen molar-refractivity contribution in [1.29, 1.82) is 0 Å². The fraction of sp³-hybridized carbons (Fsp3) is 0.500. The minimum Gasteiger partial charge on any atom is -0.465 e. The smallest absolute Gasteiger partial charge is 0.465 e. The Morgan fingerprint density at radius 2 is 1.63 bits per heavy atom. The van der Waals surface area contributed by atoms with Gasteiger partial charge in [0.1, 0.15) is 0 Å². The molecule has 0 bridgehead atoms. The largest absolute Gasteiger partial charge is 0.495 e. The Hall–Kier alpha value is -1.33.